The molecule has 24 heavy (non-hydrogen) atoms. The lowest BCUT2D eigenvalue weighted by molar-refractivity contribution is -0.121. The topological polar surface area (TPSA) is 87.7 Å². The van der Waals surface area contributed by atoms with Crippen LogP contribution in [-0.4, -0.2) is 49.3 Å². The summed E-state index contributed by atoms with van der Waals surface area (Å²) in [6.45, 7) is 1.22. The van der Waals surface area contributed by atoms with Gasteiger partial charge in [0.15, 0.2) is 0 Å². The van der Waals surface area contributed by atoms with Crippen LogP contribution in [0.15, 0.2) is 24.3 Å². The first-order valence-electron chi connectivity index (χ1n) is 8.12. The Balaban J connectivity index is 1.84. The molecule has 0 saturated carbocycles. The first kappa shape index (κ1) is 18.7. The normalized spacial score (nSPS) is 16.4. The highest BCUT2D eigenvalue weighted by Crippen LogP contribution is 2.20. The Kier molecular flexibility index (Phi) is 7.49. The zero-order valence-electron chi connectivity index (χ0n) is 13.5. The van der Waals surface area contributed by atoms with E-state index in [0.717, 1.165) is 12.8 Å². The van der Waals surface area contributed by atoms with E-state index in [9.17, 15) is 14.7 Å². The number of aliphatic hydroxyl groups is 1. The molecule has 1 aromatic rings. The van der Waals surface area contributed by atoms with Crippen LogP contribution in [-0.2, 0) is 9.53 Å². The van der Waals surface area contributed by atoms with Gasteiger partial charge in [0.05, 0.1) is 17.1 Å². The van der Waals surface area contributed by atoms with Gasteiger partial charge < -0.3 is 20.5 Å². The number of ether oxygens (including phenoxy) is 1. The van der Waals surface area contributed by atoms with Gasteiger partial charge in [-0.25, -0.2) is 0 Å². The van der Waals surface area contributed by atoms with Crippen molar-refractivity contribution >= 4 is 23.4 Å². The Bertz CT molecular complexity index is 561. The number of aliphatic hydroxyl groups excluding tert-OH is 1. The number of rotatable bonds is 7. The zero-order chi connectivity index (χ0) is 17.4. The monoisotopic (exact) mass is 354 g/mol. The first-order chi connectivity index (χ1) is 11.6. The minimum Gasteiger partial charge on any atom is -0.396 e. The number of halogens is 1. The van der Waals surface area contributed by atoms with E-state index in [1.165, 1.54) is 0 Å². The molecule has 1 aliphatic heterocycles. The molecule has 0 bridgehead atoms. The molecule has 0 spiro atoms. The number of carbonyl (C=O) groups excluding carboxylic acids is 2. The van der Waals surface area contributed by atoms with E-state index in [2.05, 4.69) is 10.6 Å². The van der Waals surface area contributed by atoms with Crippen LogP contribution < -0.4 is 10.6 Å². The molecular formula is C17H23ClN2O4. The smallest absolute Gasteiger partial charge is 0.253 e. The van der Waals surface area contributed by atoms with Crippen LogP contribution in [0, 0.1) is 5.92 Å². The van der Waals surface area contributed by atoms with Crippen molar-refractivity contribution in [3.05, 3.63) is 34.9 Å². The maximum Gasteiger partial charge on any atom is 0.253 e. The maximum atomic E-state index is 12.1. The molecule has 1 fully saturated rings. The average molecular weight is 355 g/mol. The predicted molar refractivity (Wildman–Crippen MR) is 91.0 cm³/mol. The average Bonchev–Trinajstić information content (AvgIpc) is 2.60. The summed E-state index contributed by atoms with van der Waals surface area (Å²) in [4.78, 5) is 24.2. The third kappa shape index (κ3) is 5.47. The van der Waals surface area contributed by atoms with Gasteiger partial charge in [-0.3, -0.25) is 9.59 Å². The number of hydrogen-bond acceptors (Lipinski definition) is 4. The fourth-order valence-corrected chi connectivity index (χ4v) is 3.06. The van der Waals surface area contributed by atoms with Gasteiger partial charge in [0, 0.05) is 25.9 Å². The highest BCUT2D eigenvalue weighted by Gasteiger charge is 2.25. The second-order valence-corrected chi connectivity index (χ2v) is 6.21. The quantitative estimate of drug-likeness (QED) is 0.690. The zero-order valence-corrected chi connectivity index (χ0v) is 14.2. The van der Waals surface area contributed by atoms with Crippen molar-refractivity contribution in [2.45, 2.75) is 25.3 Å². The number of nitrogens with one attached hydrogen (secondary N) is 2. The lowest BCUT2D eigenvalue weighted by Gasteiger charge is -2.30. The molecule has 0 aliphatic carbocycles. The van der Waals surface area contributed by atoms with Gasteiger partial charge in [0.1, 0.15) is 0 Å². The second kappa shape index (κ2) is 9.61. The van der Waals surface area contributed by atoms with E-state index in [-0.39, 0.29) is 36.9 Å². The summed E-state index contributed by atoms with van der Waals surface area (Å²) in [6, 6.07) is 6.57. The summed E-state index contributed by atoms with van der Waals surface area (Å²) in [5.74, 6) is -0.380. The van der Waals surface area contributed by atoms with Crippen LogP contribution in [0.2, 0.25) is 5.02 Å². The molecule has 0 radical (unpaired) electrons. The Morgan fingerprint density at radius 3 is 2.67 bits per heavy atom. The molecule has 1 saturated heterocycles. The summed E-state index contributed by atoms with van der Waals surface area (Å²) in [6.07, 6.45) is 2.21. The summed E-state index contributed by atoms with van der Waals surface area (Å²) in [5.41, 5.74) is 0.336. The molecule has 1 heterocycles. The van der Waals surface area contributed by atoms with Crippen LogP contribution in [0.3, 0.4) is 0 Å². The lowest BCUT2D eigenvalue weighted by Crippen LogP contribution is -2.46. The minimum atomic E-state index is -0.388. The van der Waals surface area contributed by atoms with Crippen molar-refractivity contribution < 1.29 is 19.4 Å². The van der Waals surface area contributed by atoms with Gasteiger partial charge >= 0.3 is 0 Å². The summed E-state index contributed by atoms with van der Waals surface area (Å²) < 4.78 is 5.33. The Morgan fingerprint density at radius 2 is 2.00 bits per heavy atom. The molecule has 2 rings (SSSR count). The summed E-state index contributed by atoms with van der Waals surface area (Å²) >= 11 is 5.96. The van der Waals surface area contributed by atoms with Crippen molar-refractivity contribution in [3.8, 4) is 0 Å². The number of amides is 2. The van der Waals surface area contributed by atoms with E-state index in [0.29, 0.717) is 30.2 Å². The largest absolute Gasteiger partial charge is 0.396 e. The first-order valence-corrected chi connectivity index (χ1v) is 8.50. The van der Waals surface area contributed by atoms with Crippen LogP contribution >= 0.6 is 11.6 Å². The predicted octanol–water partition coefficient (Wildman–Crippen LogP) is 1.36. The number of benzene rings is 1. The number of carbonyl (C=O) groups is 2. The van der Waals surface area contributed by atoms with E-state index in [1.54, 1.807) is 24.3 Å². The van der Waals surface area contributed by atoms with E-state index >= 15 is 0 Å². The van der Waals surface area contributed by atoms with Gasteiger partial charge in [0.25, 0.3) is 5.91 Å². The van der Waals surface area contributed by atoms with Gasteiger partial charge in [0.2, 0.25) is 5.91 Å². The van der Waals surface area contributed by atoms with Crippen LogP contribution in [0.1, 0.15) is 29.6 Å². The van der Waals surface area contributed by atoms with Gasteiger partial charge in [-0.15, -0.1) is 0 Å². The van der Waals surface area contributed by atoms with Crippen molar-refractivity contribution in [1.82, 2.24) is 10.6 Å². The minimum absolute atomic E-state index is 0.00822. The third-order valence-corrected chi connectivity index (χ3v) is 4.48. The second-order valence-electron chi connectivity index (χ2n) is 5.80. The molecule has 6 nitrogen and oxygen atoms in total. The number of hydrogen-bond donors (Lipinski definition) is 3. The Labute approximate surface area is 146 Å². The highest BCUT2D eigenvalue weighted by atomic mass is 35.5. The fraction of sp³-hybridized carbons (Fsp3) is 0.529. The van der Waals surface area contributed by atoms with Crippen molar-refractivity contribution in [1.29, 1.82) is 0 Å². The van der Waals surface area contributed by atoms with Crippen molar-refractivity contribution in [2.75, 3.05) is 26.4 Å². The van der Waals surface area contributed by atoms with E-state index < -0.39 is 0 Å². The molecule has 2 amide bonds. The van der Waals surface area contributed by atoms with Crippen LogP contribution in [0.25, 0.3) is 0 Å². The molecule has 1 aliphatic rings. The van der Waals surface area contributed by atoms with E-state index in [1.807, 2.05) is 0 Å². The van der Waals surface area contributed by atoms with Crippen LogP contribution in [0.5, 0.6) is 0 Å². The standard InChI is InChI=1S/C17H23ClN2O4/c18-14-4-2-1-3-13(14)17(23)19-11-16(22)20-15(5-8-21)12-6-9-24-10-7-12/h1-4,12,15,21H,5-11H2,(H,19,23)(H,20,22)/t15-/m1/s1. The molecule has 7 heteroatoms. The van der Waals surface area contributed by atoms with Crippen molar-refractivity contribution in [2.24, 2.45) is 5.92 Å². The Hall–Kier alpha value is -1.63. The highest BCUT2D eigenvalue weighted by molar-refractivity contribution is 6.33. The lowest BCUT2D eigenvalue weighted by atomic mass is 9.90. The Morgan fingerprint density at radius 1 is 1.29 bits per heavy atom. The summed E-state index contributed by atoms with van der Waals surface area (Å²) in [7, 11) is 0. The molecular weight excluding hydrogens is 332 g/mol. The maximum absolute atomic E-state index is 12.1. The summed E-state index contributed by atoms with van der Waals surface area (Å²) in [5, 5.41) is 15.0. The van der Waals surface area contributed by atoms with Gasteiger partial charge in [-0.2, -0.15) is 0 Å². The molecule has 0 aromatic heterocycles. The molecule has 3 N–H and O–H groups in total. The fourth-order valence-electron chi connectivity index (χ4n) is 2.84. The van der Waals surface area contributed by atoms with Gasteiger partial charge in [-0.1, -0.05) is 23.7 Å². The molecule has 1 aromatic carbocycles. The third-order valence-electron chi connectivity index (χ3n) is 4.15. The molecule has 132 valence electrons. The molecule has 0 unspecified atom stereocenters. The van der Waals surface area contributed by atoms with Gasteiger partial charge in [-0.05, 0) is 37.3 Å². The van der Waals surface area contributed by atoms with Crippen LogP contribution in [0.4, 0.5) is 0 Å². The SMILES string of the molecule is O=C(CNC(=O)c1ccccc1Cl)N[C@H](CCO)C1CCOCC1. The molecule has 1 atom stereocenters. The van der Waals surface area contributed by atoms with E-state index in [4.69, 9.17) is 16.3 Å². The van der Waals surface area contributed by atoms with Crippen molar-refractivity contribution in [3.63, 3.8) is 0 Å².